The van der Waals surface area contributed by atoms with Crippen LogP contribution in [0.1, 0.15) is 19.8 Å². The van der Waals surface area contributed by atoms with E-state index in [4.69, 9.17) is 4.74 Å². The van der Waals surface area contributed by atoms with Crippen LogP contribution in [-0.4, -0.2) is 40.2 Å². The normalized spacial score (nSPS) is 18.4. The number of thioether (sulfide) groups is 1. The number of esters is 1. The van der Waals surface area contributed by atoms with Gasteiger partial charge in [0.1, 0.15) is 5.54 Å². The molecule has 1 heterocycles. The minimum Gasteiger partial charge on any atom is -0.468 e. The summed E-state index contributed by atoms with van der Waals surface area (Å²) >= 11 is 1.61. The van der Waals surface area contributed by atoms with Crippen LogP contribution >= 0.6 is 11.8 Å². The molecule has 0 amide bonds. The summed E-state index contributed by atoms with van der Waals surface area (Å²) in [6, 6.07) is 0.462. The molecule has 5 nitrogen and oxygen atoms in total. The summed E-state index contributed by atoms with van der Waals surface area (Å²) < 4.78 is 6.66. The van der Waals surface area contributed by atoms with Crippen LogP contribution in [0.25, 0.3) is 0 Å². The summed E-state index contributed by atoms with van der Waals surface area (Å²) in [6.07, 6.45) is 6.03. The van der Waals surface area contributed by atoms with Crippen LogP contribution < -0.4 is 5.32 Å². The van der Waals surface area contributed by atoms with E-state index in [-0.39, 0.29) is 5.97 Å². The summed E-state index contributed by atoms with van der Waals surface area (Å²) in [6.45, 7) is 1.90. The molecule has 0 saturated heterocycles. The van der Waals surface area contributed by atoms with Crippen molar-refractivity contribution in [3.8, 4) is 0 Å². The molecule has 2 rings (SSSR count). The topological polar surface area (TPSA) is 56.1 Å². The van der Waals surface area contributed by atoms with Crippen LogP contribution in [0.15, 0.2) is 17.3 Å². The lowest BCUT2D eigenvalue weighted by atomic mass is 10.1. The number of rotatable bonds is 6. The predicted molar refractivity (Wildman–Crippen MR) is 70.5 cm³/mol. The number of nitrogens with one attached hydrogen (secondary N) is 1. The first-order chi connectivity index (χ1) is 8.53. The number of hydrogen-bond acceptors (Lipinski definition) is 5. The van der Waals surface area contributed by atoms with E-state index >= 15 is 0 Å². The molecule has 1 unspecified atom stereocenters. The van der Waals surface area contributed by atoms with Gasteiger partial charge in [-0.15, -0.1) is 11.8 Å². The Labute approximate surface area is 111 Å². The summed E-state index contributed by atoms with van der Waals surface area (Å²) in [7, 11) is 3.32. The fraction of sp³-hybridized carbons (Fsp3) is 0.667. The van der Waals surface area contributed by atoms with E-state index in [0.29, 0.717) is 11.8 Å². The largest absolute Gasteiger partial charge is 0.468 e. The number of hydrogen-bond donors (Lipinski definition) is 1. The van der Waals surface area contributed by atoms with Gasteiger partial charge in [0, 0.05) is 29.9 Å². The van der Waals surface area contributed by atoms with Gasteiger partial charge in [0.05, 0.1) is 13.3 Å². The fourth-order valence-corrected chi connectivity index (χ4v) is 2.77. The number of aryl methyl sites for hydroxylation is 1. The maximum atomic E-state index is 11.9. The summed E-state index contributed by atoms with van der Waals surface area (Å²) in [4.78, 5) is 13.0. The molecule has 1 saturated carbocycles. The second-order valence-electron chi connectivity index (χ2n) is 4.88. The molecule has 18 heavy (non-hydrogen) atoms. The van der Waals surface area contributed by atoms with E-state index in [0.717, 1.165) is 17.7 Å². The molecular formula is C12H19N3O2S. The van der Waals surface area contributed by atoms with Gasteiger partial charge in [0.25, 0.3) is 0 Å². The van der Waals surface area contributed by atoms with Gasteiger partial charge in [0.15, 0.2) is 0 Å². The molecule has 1 aliphatic rings. The van der Waals surface area contributed by atoms with Crippen LogP contribution in [0, 0.1) is 0 Å². The van der Waals surface area contributed by atoms with E-state index in [1.165, 1.54) is 7.11 Å². The average Bonchev–Trinajstić information content (AvgIpc) is 3.06. The Kier molecular flexibility index (Phi) is 3.97. The van der Waals surface area contributed by atoms with E-state index in [2.05, 4.69) is 10.4 Å². The molecule has 1 aliphatic carbocycles. The molecule has 0 aromatic carbocycles. The van der Waals surface area contributed by atoms with Gasteiger partial charge in [-0.1, -0.05) is 0 Å². The number of methoxy groups -OCH3 is 1. The monoisotopic (exact) mass is 269 g/mol. The summed E-state index contributed by atoms with van der Waals surface area (Å²) in [5, 5.41) is 7.49. The zero-order valence-corrected chi connectivity index (χ0v) is 11.8. The number of nitrogens with zero attached hydrogens (tertiary/aromatic N) is 2. The average molecular weight is 269 g/mol. The highest BCUT2D eigenvalue weighted by molar-refractivity contribution is 7.99. The molecule has 100 valence electrons. The van der Waals surface area contributed by atoms with Gasteiger partial charge in [-0.2, -0.15) is 5.10 Å². The Morgan fingerprint density at radius 1 is 1.72 bits per heavy atom. The number of carbonyl (C=O) groups excluding carboxylic acids is 1. The van der Waals surface area contributed by atoms with Crippen molar-refractivity contribution in [3.63, 3.8) is 0 Å². The third-order valence-corrected chi connectivity index (χ3v) is 4.21. The van der Waals surface area contributed by atoms with Crippen molar-refractivity contribution in [2.45, 2.75) is 36.2 Å². The lowest BCUT2D eigenvalue weighted by molar-refractivity contribution is -0.146. The summed E-state index contributed by atoms with van der Waals surface area (Å²) in [5.41, 5.74) is -0.629. The number of aromatic nitrogens is 2. The van der Waals surface area contributed by atoms with Crippen molar-refractivity contribution in [3.05, 3.63) is 12.4 Å². The van der Waals surface area contributed by atoms with E-state index in [1.807, 2.05) is 20.2 Å². The van der Waals surface area contributed by atoms with Crippen molar-refractivity contribution in [2.75, 3.05) is 12.9 Å². The van der Waals surface area contributed by atoms with Crippen molar-refractivity contribution in [1.82, 2.24) is 15.1 Å². The van der Waals surface area contributed by atoms with Crippen LogP contribution in [0.5, 0.6) is 0 Å². The zero-order valence-electron chi connectivity index (χ0n) is 11.0. The third kappa shape index (κ3) is 3.26. The first kappa shape index (κ1) is 13.4. The van der Waals surface area contributed by atoms with Gasteiger partial charge < -0.3 is 4.74 Å². The second-order valence-corrected chi connectivity index (χ2v) is 5.93. The highest BCUT2D eigenvalue weighted by Crippen LogP contribution is 2.27. The standard InChI is InChI=1S/C12H19N3O2S/c1-12(11(16)17-3,14-9-4-5-9)8-18-10-6-13-15(2)7-10/h6-7,9,14H,4-5,8H2,1-3H3. The predicted octanol–water partition coefficient (Wildman–Crippen LogP) is 1.20. The molecule has 1 aromatic rings. The zero-order chi connectivity index (χ0) is 13.2. The Balaban J connectivity index is 1.97. The minimum absolute atomic E-state index is 0.203. The Bertz CT molecular complexity index is 431. The number of ether oxygens (including phenoxy) is 1. The first-order valence-corrected chi connectivity index (χ1v) is 6.99. The van der Waals surface area contributed by atoms with E-state index in [9.17, 15) is 4.79 Å². The van der Waals surface area contributed by atoms with Gasteiger partial charge in [-0.25, -0.2) is 0 Å². The maximum Gasteiger partial charge on any atom is 0.326 e. The van der Waals surface area contributed by atoms with Gasteiger partial charge in [0.2, 0.25) is 0 Å². The molecule has 0 spiro atoms. The second kappa shape index (κ2) is 5.32. The van der Waals surface area contributed by atoms with Crippen molar-refractivity contribution < 1.29 is 9.53 Å². The fourth-order valence-electron chi connectivity index (χ4n) is 1.76. The smallest absolute Gasteiger partial charge is 0.326 e. The van der Waals surface area contributed by atoms with Gasteiger partial charge >= 0.3 is 5.97 Å². The highest BCUT2D eigenvalue weighted by Gasteiger charge is 2.39. The lowest BCUT2D eigenvalue weighted by Gasteiger charge is -2.27. The van der Waals surface area contributed by atoms with Crippen molar-refractivity contribution in [2.24, 2.45) is 7.05 Å². The van der Waals surface area contributed by atoms with Crippen LogP contribution in [0.4, 0.5) is 0 Å². The third-order valence-electron chi connectivity index (χ3n) is 2.94. The molecule has 1 fully saturated rings. The molecule has 1 aromatic heterocycles. The molecule has 0 radical (unpaired) electrons. The molecule has 0 aliphatic heterocycles. The van der Waals surface area contributed by atoms with E-state index in [1.54, 1.807) is 22.6 Å². The summed E-state index contributed by atoms with van der Waals surface area (Å²) in [5.74, 6) is 0.438. The Morgan fingerprint density at radius 2 is 2.44 bits per heavy atom. The van der Waals surface area contributed by atoms with Crippen LogP contribution in [0.2, 0.25) is 0 Å². The molecule has 1 atom stereocenters. The molecule has 0 bridgehead atoms. The Hall–Kier alpha value is -1.01. The van der Waals surface area contributed by atoms with Gasteiger partial charge in [-0.05, 0) is 19.8 Å². The van der Waals surface area contributed by atoms with Crippen molar-refractivity contribution in [1.29, 1.82) is 0 Å². The highest BCUT2D eigenvalue weighted by atomic mass is 32.2. The van der Waals surface area contributed by atoms with Crippen LogP contribution in [0.3, 0.4) is 0 Å². The van der Waals surface area contributed by atoms with E-state index < -0.39 is 5.54 Å². The maximum absolute atomic E-state index is 11.9. The quantitative estimate of drug-likeness (QED) is 0.621. The SMILES string of the molecule is COC(=O)C(C)(CSc1cnn(C)c1)NC1CC1. The minimum atomic E-state index is -0.629. The molecule has 1 N–H and O–H groups in total. The first-order valence-electron chi connectivity index (χ1n) is 6.01. The molecule has 6 heteroatoms. The number of carbonyl (C=O) groups is 1. The van der Waals surface area contributed by atoms with Gasteiger partial charge in [-0.3, -0.25) is 14.8 Å². The van der Waals surface area contributed by atoms with Crippen molar-refractivity contribution >= 4 is 17.7 Å². The van der Waals surface area contributed by atoms with Crippen LogP contribution in [-0.2, 0) is 16.6 Å². The Morgan fingerprint density at radius 3 is 2.94 bits per heavy atom. The lowest BCUT2D eigenvalue weighted by Crippen LogP contribution is -2.53. The molecular weight excluding hydrogens is 250 g/mol.